The highest BCUT2D eigenvalue weighted by Gasteiger charge is 2.45. The second-order valence-corrected chi connectivity index (χ2v) is 8.53. The highest BCUT2D eigenvalue weighted by molar-refractivity contribution is 4.95. The molecule has 138 valence electrons. The van der Waals surface area contributed by atoms with Crippen molar-refractivity contribution < 1.29 is 14.9 Å². The minimum atomic E-state index is -0.125. The molecule has 0 radical (unpaired) electrons. The van der Waals surface area contributed by atoms with E-state index in [1.807, 2.05) is 0 Å². The Morgan fingerprint density at radius 3 is 1.22 bits per heavy atom. The van der Waals surface area contributed by atoms with E-state index in [0.717, 1.165) is 11.8 Å². The summed E-state index contributed by atoms with van der Waals surface area (Å²) in [5, 5.41) is 15.2. The SMILES string of the molecule is CC(C)CC1(OC2(CC(C)C)CCCC2)CCCC1.OCCO. The Hall–Kier alpha value is -0.120. The molecule has 2 aliphatic carbocycles. The lowest BCUT2D eigenvalue weighted by Crippen LogP contribution is -2.43. The quantitative estimate of drug-likeness (QED) is 0.712. The summed E-state index contributed by atoms with van der Waals surface area (Å²) < 4.78 is 6.97. The predicted molar refractivity (Wildman–Crippen MR) is 96.6 cm³/mol. The van der Waals surface area contributed by atoms with Crippen molar-refractivity contribution in [2.75, 3.05) is 13.2 Å². The topological polar surface area (TPSA) is 49.7 Å². The fourth-order valence-corrected chi connectivity index (χ4v) is 4.68. The van der Waals surface area contributed by atoms with E-state index in [1.165, 1.54) is 64.2 Å². The van der Waals surface area contributed by atoms with Gasteiger partial charge in [0.1, 0.15) is 0 Å². The molecular weight excluding hydrogens is 288 g/mol. The van der Waals surface area contributed by atoms with E-state index < -0.39 is 0 Å². The summed E-state index contributed by atoms with van der Waals surface area (Å²) in [7, 11) is 0. The molecule has 0 aromatic rings. The van der Waals surface area contributed by atoms with Gasteiger partial charge in [-0.3, -0.25) is 0 Å². The zero-order valence-electron chi connectivity index (χ0n) is 15.9. The molecule has 0 bridgehead atoms. The van der Waals surface area contributed by atoms with Crippen LogP contribution in [0.25, 0.3) is 0 Å². The third-order valence-electron chi connectivity index (χ3n) is 5.12. The molecule has 2 rings (SSSR count). The van der Waals surface area contributed by atoms with Gasteiger partial charge in [-0.05, 0) is 50.4 Å². The molecule has 0 atom stereocenters. The molecule has 3 heteroatoms. The van der Waals surface area contributed by atoms with Gasteiger partial charge in [0.05, 0.1) is 24.4 Å². The first-order valence-corrected chi connectivity index (χ1v) is 9.79. The van der Waals surface area contributed by atoms with E-state index in [2.05, 4.69) is 27.7 Å². The third kappa shape index (κ3) is 7.11. The average Bonchev–Trinajstić information content (AvgIpc) is 3.08. The number of aliphatic hydroxyl groups excluding tert-OH is 2. The van der Waals surface area contributed by atoms with Crippen LogP contribution >= 0.6 is 0 Å². The van der Waals surface area contributed by atoms with E-state index >= 15 is 0 Å². The number of aliphatic hydroxyl groups is 2. The van der Waals surface area contributed by atoms with Gasteiger partial charge in [-0.25, -0.2) is 0 Å². The van der Waals surface area contributed by atoms with Gasteiger partial charge in [-0.15, -0.1) is 0 Å². The summed E-state index contributed by atoms with van der Waals surface area (Å²) in [5.41, 5.74) is 0.459. The maximum absolute atomic E-state index is 7.62. The van der Waals surface area contributed by atoms with Crippen LogP contribution < -0.4 is 0 Å². The van der Waals surface area contributed by atoms with Crippen molar-refractivity contribution in [1.29, 1.82) is 0 Å². The molecule has 0 aromatic heterocycles. The van der Waals surface area contributed by atoms with Gasteiger partial charge in [0.15, 0.2) is 0 Å². The number of rotatable bonds is 7. The Morgan fingerprint density at radius 1 is 0.696 bits per heavy atom. The van der Waals surface area contributed by atoms with Crippen LogP contribution in [0.15, 0.2) is 0 Å². The maximum Gasteiger partial charge on any atom is 0.0692 e. The Morgan fingerprint density at radius 2 is 1.00 bits per heavy atom. The van der Waals surface area contributed by atoms with Crippen LogP contribution in [0, 0.1) is 11.8 Å². The first-order valence-electron chi connectivity index (χ1n) is 9.79. The van der Waals surface area contributed by atoms with Crippen LogP contribution in [0.2, 0.25) is 0 Å². The summed E-state index contributed by atoms with van der Waals surface area (Å²) in [4.78, 5) is 0. The minimum absolute atomic E-state index is 0.125. The van der Waals surface area contributed by atoms with Crippen LogP contribution in [0.4, 0.5) is 0 Å². The largest absolute Gasteiger partial charge is 0.394 e. The molecule has 0 saturated heterocycles. The smallest absolute Gasteiger partial charge is 0.0692 e. The summed E-state index contributed by atoms with van der Waals surface area (Å²) >= 11 is 0. The molecule has 2 N–H and O–H groups in total. The first kappa shape index (κ1) is 20.9. The summed E-state index contributed by atoms with van der Waals surface area (Å²) in [6, 6.07) is 0. The Bertz CT molecular complexity index is 270. The van der Waals surface area contributed by atoms with Crippen LogP contribution in [0.3, 0.4) is 0 Å². The van der Waals surface area contributed by atoms with Gasteiger partial charge in [0.2, 0.25) is 0 Å². The standard InChI is InChI=1S/C18H34O.C2H6O2/c1-15(2)13-17(9-5-6-10-17)19-18(14-16(3)4)11-7-8-12-18;3-1-2-4/h15-16H,5-14H2,1-4H3;3-4H,1-2H2. The van der Waals surface area contributed by atoms with Crippen LogP contribution in [0.1, 0.15) is 91.9 Å². The molecule has 3 nitrogen and oxygen atoms in total. The van der Waals surface area contributed by atoms with E-state index in [9.17, 15) is 0 Å². The van der Waals surface area contributed by atoms with Crippen molar-refractivity contribution in [2.24, 2.45) is 11.8 Å². The molecule has 2 fully saturated rings. The van der Waals surface area contributed by atoms with Crippen molar-refractivity contribution >= 4 is 0 Å². The van der Waals surface area contributed by atoms with Gasteiger partial charge in [0.25, 0.3) is 0 Å². The molecule has 0 amide bonds. The fraction of sp³-hybridized carbons (Fsp3) is 1.00. The molecule has 23 heavy (non-hydrogen) atoms. The molecule has 2 saturated carbocycles. The van der Waals surface area contributed by atoms with Crippen molar-refractivity contribution in [2.45, 2.75) is 103 Å². The molecule has 0 heterocycles. The Labute approximate surface area is 143 Å². The van der Waals surface area contributed by atoms with E-state index in [4.69, 9.17) is 14.9 Å². The number of hydrogen-bond donors (Lipinski definition) is 2. The summed E-state index contributed by atoms with van der Waals surface area (Å²) in [6.45, 7) is 9.17. The zero-order chi connectivity index (χ0) is 17.3. The van der Waals surface area contributed by atoms with Crippen molar-refractivity contribution in [3.8, 4) is 0 Å². The monoisotopic (exact) mass is 328 g/mol. The zero-order valence-corrected chi connectivity index (χ0v) is 15.9. The van der Waals surface area contributed by atoms with Crippen molar-refractivity contribution in [3.05, 3.63) is 0 Å². The van der Waals surface area contributed by atoms with Crippen LogP contribution in [-0.2, 0) is 4.74 Å². The second kappa shape index (κ2) is 10.0. The molecule has 2 aliphatic rings. The normalized spacial score (nSPS) is 22.4. The molecule has 0 aliphatic heterocycles. The van der Waals surface area contributed by atoms with Gasteiger partial charge in [-0.2, -0.15) is 0 Å². The van der Waals surface area contributed by atoms with Crippen LogP contribution in [-0.4, -0.2) is 34.6 Å². The molecule has 0 aromatic carbocycles. The highest BCUT2D eigenvalue weighted by atomic mass is 16.5. The lowest BCUT2D eigenvalue weighted by Gasteiger charge is -2.42. The summed E-state index contributed by atoms with van der Waals surface area (Å²) in [5.74, 6) is 1.52. The molecule has 0 unspecified atom stereocenters. The van der Waals surface area contributed by atoms with Crippen LogP contribution in [0.5, 0.6) is 0 Å². The van der Waals surface area contributed by atoms with Gasteiger partial charge < -0.3 is 14.9 Å². The van der Waals surface area contributed by atoms with E-state index in [-0.39, 0.29) is 24.4 Å². The van der Waals surface area contributed by atoms with Crippen molar-refractivity contribution in [3.63, 3.8) is 0 Å². The Balaban J connectivity index is 0.000000593. The van der Waals surface area contributed by atoms with E-state index in [1.54, 1.807) is 0 Å². The lowest BCUT2D eigenvalue weighted by atomic mass is 9.86. The first-order chi connectivity index (χ1) is 10.9. The third-order valence-corrected chi connectivity index (χ3v) is 5.12. The Kier molecular flexibility index (Phi) is 9.10. The van der Waals surface area contributed by atoms with Gasteiger partial charge in [0, 0.05) is 0 Å². The molecular formula is C20H40O3. The second-order valence-electron chi connectivity index (χ2n) is 8.53. The average molecular weight is 329 g/mol. The predicted octanol–water partition coefficient (Wildman–Crippen LogP) is 4.69. The maximum atomic E-state index is 7.62. The van der Waals surface area contributed by atoms with Gasteiger partial charge in [-0.1, -0.05) is 53.4 Å². The van der Waals surface area contributed by atoms with Gasteiger partial charge >= 0.3 is 0 Å². The number of ether oxygens (including phenoxy) is 1. The summed E-state index contributed by atoms with van der Waals surface area (Å²) in [6.07, 6.45) is 13.3. The number of hydrogen-bond acceptors (Lipinski definition) is 3. The fourth-order valence-electron chi connectivity index (χ4n) is 4.68. The van der Waals surface area contributed by atoms with E-state index in [0.29, 0.717) is 0 Å². The lowest BCUT2D eigenvalue weighted by molar-refractivity contribution is -0.167. The highest BCUT2D eigenvalue weighted by Crippen LogP contribution is 2.47. The van der Waals surface area contributed by atoms with Crippen molar-refractivity contribution in [1.82, 2.24) is 0 Å². The molecule has 0 spiro atoms. The minimum Gasteiger partial charge on any atom is -0.394 e.